The average Bonchev–Trinajstić information content (AvgIpc) is 3.13. The molecule has 0 aliphatic carbocycles. The summed E-state index contributed by atoms with van der Waals surface area (Å²) in [5, 5.41) is 0. The van der Waals surface area contributed by atoms with E-state index in [9.17, 15) is 0 Å². The van der Waals surface area contributed by atoms with E-state index < -0.39 is 17.1 Å². The van der Waals surface area contributed by atoms with Crippen LogP contribution in [0, 0.1) is 142 Å². The van der Waals surface area contributed by atoms with Crippen LogP contribution < -0.4 is 0 Å². The summed E-state index contributed by atoms with van der Waals surface area (Å²) < 4.78 is 23.0. The topological polar surface area (TPSA) is 43.4 Å². The van der Waals surface area contributed by atoms with Gasteiger partial charge in [0.2, 0.25) is 0 Å². The van der Waals surface area contributed by atoms with E-state index in [-0.39, 0.29) is 0 Å². The highest BCUT2D eigenvalue weighted by Crippen LogP contribution is 2.18. The van der Waals surface area contributed by atoms with Crippen molar-refractivity contribution in [2.24, 2.45) is 0 Å². The van der Waals surface area contributed by atoms with Crippen molar-refractivity contribution >= 4 is 17.1 Å². The highest BCUT2D eigenvalue weighted by atomic mass is 28.4. The Morgan fingerprint density at radius 3 is 1.04 bits per heavy atom. The van der Waals surface area contributed by atoms with E-state index in [1.165, 1.54) is 6.42 Å². The molecule has 0 spiro atoms. The minimum atomic E-state index is -2.77. The number of hydrogen-bond acceptors (Lipinski definition) is 6. The summed E-state index contributed by atoms with van der Waals surface area (Å²) in [6, 6.07) is 1.74. The minimum Gasteiger partial charge on any atom is -0.462 e. The quantitative estimate of drug-likeness (QED) is 0.157. The van der Waals surface area contributed by atoms with Gasteiger partial charge in [-0.25, -0.2) is 0 Å². The van der Waals surface area contributed by atoms with Gasteiger partial charge in [0, 0.05) is 112 Å². The maximum absolute atomic E-state index is 5.89. The third kappa shape index (κ3) is 23.0. The molecule has 0 amide bonds. The lowest BCUT2D eigenvalue weighted by Crippen LogP contribution is -2.46. The highest BCUT2D eigenvalue weighted by molar-refractivity contribution is 6.66. The van der Waals surface area contributed by atoms with Crippen LogP contribution in [-0.2, 0) is 17.7 Å². The molecule has 8 heteroatoms. The molecule has 1 aliphatic rings. The Balaban J connectivity index is 2.68. The molecule has 0 radical (unpaired) electrons. The van der Waals surface area contributed by atoms with Gasteiger partial charge in [0.15, 0.2) is 0 Å². The maximum Gasteiger partial charge on any atom is 0.474 e. The highest BCUT2D eigenvalue weighted by Gasteiger charge is 2.34. The van der Waals surface area contributed by atoms with Crippen molar-refractivity contribution < 1.29 is 17.7 Å². The van der Waals surface area contributed by atoms with Crippen LogP contribution in [0.3, 0.4) is 0 Å². The van der Waals surface area contributed by atoms with Crippen molar-refractivity contribution in [2.75, 3.05) is 53.5 Å². The Hall–Kier alpha value is -5.41. The van der Waals surface area contributed by atoms with Crippen molar-refractivity contribution in [1.82, 2.24) is 9.80 Å². The van der Waals surface area contributed by atoms with Crippen LogP contribution in [0.4, 0.5) is 0 Å². The molecule has 1 rings (SSSR count). The SMILES string of the molecule is CC#CC#CC#CC#CC#CC#CO[Si](C)(CCCCN1CCN(CCCC[Si](C)(OC)OC)CC1)OC#CC#CC#CC#CC#CC#CC. The Kier molecular flexibility index (Phi) is 24.4. The predicted molar refractivity (Wildman–Crippen MR) is 205 cm³/mol. The summed E-state index contributed by atoms with van der Waals surface area (Å²) in [5.41, 5.74) is 0. The van der Waals surface area contributed by atoms with E-state index in [0.717, 1.165) is 64.6 Å². The Labute approximate surface area is 304 Å². The molecule has 1 saturated heterocycles. The van der Waals surface area contributed by atoms with E-state index in [2.05, 4.69) is 159 Å². The van der Waals surface area contributed by atoms with Crippen molar-refractivity contribution in [1.29, 1.82) is 0 Å². The molecule has 0 aromatic heterocycles. The van der Waals surface area contributed by atoms with Gasteiger partial charge in [-0.05, 0) is 118 Å². The summed E-state index contributed by atoms with van der Waals surface area (Å²) in [7, 11) is -1.23. The second-order valence-corrected chi connectivity index (χ2v) is 17.4. The number of piperazine rings is 1. The van der Waals surface area contributed by atoms with Gasteiger partial charge in [-0.2, -0.15) is 0 Å². The van der Waals surface area contributed by atoms with Gasteiger partial charge in [-0.15, -0.1) is 0 Å². The molecule has 0 aromatic rings. The van der Waals surface area contributed by atoms with Crippen LogP contribution in [-0.4, -0.2) is 80.4 Å². The van der Waals surface area contributed by atoms with E-state index in [0.29, 0.717) is 6.04 Å². The fourth-order valence-corrected chi connectivity index (χ4v) is 7.29. The first-order valence-corrected chi connectivity index (χ1v) is 21.2. The molecule has 0 saturated carbocycles. The molecule has 0 N–H and O–H groups in total. The monoisotopic (exact) mass is 694 g/mol. The van der Waals surface area contributed by atoms with Crippen LogP contribution in [0.2, 0.25) is 25.2 Å². The summed E-state index contributed by atoms with van der Waals surface area (Å²) >= 11 is 0. The largest absolute Gasteiger partial charge is 0.474 e. The Morgan fingerprint density at radius 2 is 0.720 bits per heavy atom. The van der Waals surface area contributed by atoms with Gasteiger partial charge < -0.3 is 27.5 Å². The summed E-state index contributed by atoms with van der Waals surface area (Å²) in [5.74, 6) is 57.3. The Bertz CT molecular complexity index is 1780. The molecule has 1 heterocycles. The van der Waals surface area contributed by atoms with Crippen molar-refractivity contribution in [3.05, 3.63) is 0 Å². The molecule has 50 heavy (non-hydrogen) atoms. The van der Waals surface area contributed by atoms with Gasteiger partial charge in [-0.3, -0.25) is 0 Å². The molecular formula is C42H42N2O4Si2. The predicted octanol–water partition coefficient (Wildman–Crippen LogP) is 3.63. The summed E-state index contributed by atoms with van der Waals surface area (Å²) in [6.07, 6.45) is 9.56. The lowest BCUT2D eigenvalue weighted by atomic mass is 10.2. The zero-order valence-electron chi connectivity index (χ0n) is 30.0. The fraction of sp³-hybridized carbons (Fsp3) is 0.429. The molecular weight excluding hydrogens is 653 g/mol. The van der Waals surface area contributed by atoms with Gasteiger partial charge in [0.05, 0.1) is 0 Å². The van der Waals surface area contributed by atoms with Crippen molar-refractivity contribution in [2.45, 2.75) is 64.7 Å². The van der Waals surface area contributed by atoms with E-state index >= 15 is 0 Å². The van der Waals surface area contributed by atoms with Gasteiger partial charge in [0.1, 0.15) is 12.2 Å². The first kappa shape index (κ1) is 42.6. The summed E-state index contributed by atoms with van der Waals surface area (Å²) in [4.78, 5) is 5.08. The Morgan fingerprint density at radius 1 is 0.420 bits per heavy atom. The first-order valence-electron chi connectivity index (χ1n) is 16.1. The fourth-order valence-electron chi connectivity index (χ4n) is 4.15. The first-order chi connectivity index (χ1) is 24.4. The smallest absolute Gasteiger partial charge is 0.462 e. The lowest BCUT2D eigenvalue weighted by Gasteiger charge is -2.35. The summed E-state index contributed by atoms with van der Waals surface area (Å²) in [6.45, 7) is 13.9. The standard InChI is InChI=1S/C42H42N2O4Si2/c1-7-9-11-13-15-17-19-21-23-25-29-39-47-50(6,48-40-30-26-24-22-20-18-16-14-12-10-8-2)42-32-28-34-44-37-35-43(36-38-44)33-27-31-41-49(5,45-3)46-4/h27-28,31-38,41-42H2,1-6H3. The maximum atomic E-state index is 5.89. The van der Waals surface area contributed by atoms with Gasteiger partial charge in [0.25, 0.3) is 0 Å². The molecule has 0 atom stereocenters. The number of unbranched alkanes of at least 4 members (excludes halogenated alkanes) is 2. The van der Waals surface area contributed by atoms with Gasteiger partial charge >= 0.3 is 17.1 Å². The molecule has 0 unspecified atom stereocenters. The van der Waals surface area contributed by atoms with Crippen molar-refractivity contribution in [3.8, 4) is 142 Å². The minimum absolute atomic E-state index is 0.708. The molecule has 1 aliphatic heterocycles. The molecule has 252 valence electrons. The zero-order chi connectivity index (χ0) is 36.4. The second-order valence-electron chi connectivity index (χ2n) is 10.7. The van der Waals surface area contributed by atoms with Crippen molar-refractivity contribution in [3.63, 3.8) is 0 Å². The second kappa shape index (κ2) is 28.6. The van der Waals surface area contributed by atoms with E-state index in [1.54, 1.807) is 28.1 Å². The van der Waals surface area contributed by atoms with Gasteiger partial charge in [-0.1, -0.05) is 18.3 Å². The van der Waals surface area contributed by atoms with Crippen LogP contribution in [0.15, 0.2) is 0 Å². The van der Waals surface area contributed by atoms with Crippen LogP contribution in [0.25, 0.3) is 0 Å². The normalized spacial score (nSPS) is 11.0. The molecule has 0 aromatic carbocycles. The lowest BCUT2D eigenvalue weighted by molar-refractivity contribution is 0.129. The molecule has 1 fully saturated rings. The number of rotatable bonds is 14. The van der Waals surface area contributed by atoms with Crippen LogP contribution in [0.1, 0.15) is 39.5 Å². The third-order valence-corrected chi connectivity index (χ3v) is 12.4. The van der Waals surface area contributed by atoms with E-state index in [1.807, 2.05) is 6.55 Å². The molecule has 0 bridgehead atoms. The third-order valence-electron chi connectivity index (χ3n) is 7.05. The zero-order valence-corrected chi connectivity index (χ0v) is 32.0. The number of nitrogens with zero attached hydrogens (tertiary/aromatic N) is 2. The number of hydrogen-bond donors (Lipinski definition) is 0. The van der Waals surface area contributed by atoms with E-state index in [4.69, 9.17) is 17.7 Å². The van der Waals surface area contributed by atoms with Crippen LogP contribution >= 0.6 is 0 Å². The average molecular weight is 695 g/mol. The van der Waals surface area contributed by atoms with Crippen LogP contribution in [0.5, 0.6) is 0 Å². The molecule has 6 nitrogen and oxygen atoms in total.